The Balaban J connectivity index is 1.82. The molecule has 0 aliphatic heterocycles. The number of benzene rings is 1. The van der Waals surface area contributed by atoms with Gasteiger partial charge in [-0.05, 0) is 48.8 Å². The van der Waals surface area contributed by atoms with Gasteiger partial charge in [-0.2, -0.15) is 5.10 Å². The molecule has 1 aromatic carbocycles. The second kappa shape index (κ2) is 8.70. The third-order valence-electron chi connectivity index (χ3n) is 4.27. The number of hydrogen-bond donors (Lipinski definition) is 1. The van der Waals surface area contributed by atoms with E-state index in [0.717, 1.165) is 16.9 Å². The highest BCUT2D eigenvalue weighted by Gasteiger charge is 2.12. The Morgan fingerprint density at radius 1 is 1.35 bits per heavy atom. The number of hydrogen-bond acceptors (Lipinski definition) is 3. The molecule has 1 aliphatic carbocycles. The first-order valence-electron chi connectivity index (χ1n) is 8.61. The quantitative estimate of drug-likeness (QED) is 0.632. The van der Waals surface area contributed by atoms with Crippen molar-refractivity contribution in [2.24, 2.45) is 11.0 Å². The van der Waals surface area contributed by atoms with Gasteiger partial charge in [0.1, 0.15) is 5.75 Å². The summed E-state index contributed by atoms with van der Waals surface area (Å²) >= 11 is 0. The number of rotatable bonds is 6. The first-order valence-corrected chi connectivity index (χ1v) is 8.61. The topological polar surface area (TPSA) is 50.7 Å². The van der Waals surface area contributed by atoms with E-state index in [1.807, 2.05) is 19.2 Å². The van der Waals surface area contributed by atoms with Crippen LogP contribution in [0.25, 0.3) is 0 Å². The van der Waals surface area contributed by atoms with Gasteiger partial charge in [-0.15, -0.1) is 0 Å². The first-order chi connectivity index (χ1) is 11.1. The molecule has 0 aromatic heterocycles. The van der Waals surface area contributed by atoms with Crippen molar-refractivity contribution in [3.8, 4) is 5.75 Å². The maximum Gasteiger partial charge on any atom is 0.277 e. The molecule has 0 bridgehead atoms. The summed E-state index contributed by atoms with van der Waals surface area (Å²) in [5.41, 5.74) is 4.81. The highest BCUT2D eigenvalue weighted by Crippen LogP contribution is 2.27. The molecule has 1 fully saturated rings. The first kappa shape index (κ1) is 17.5. The van der Waals surface area contributed by atoms with Gasteiger partial charge in [0.05, 0.1) is 0 Å². The lowest BCUT2D eigenvalue weighted by Gasteiger charge is -2.17. The summed E-state index contributed by atoms with van der Waals surface area (Å²) in [7, 11) is 0. The van der Waals surface area contributed by atoms with Gasteiger partial charge in [-0.25, -0.2) is 5.43 Å². The minimum absolute atomic E-state index is 0.00875. The fraction of sp³-hybridized carbons (Fsp3) is 0.579. The van der Waals surface area contributed by atoms with E-state index in [0.29, 0.717) is 11.8 Å². The van der Waals surface area contributed by atoms with E-state index >= 15 is 0 Å². The van der Waals surface area contributed by atoms with Crippen LogP contribution in [-0.4, -0.2) is 18.7 Å². The van der Waals surface area contributed by atoms with Gasteiger partial charge >= 0.3 is 0 Å². The van der Waals surface area contributed by atoms with Crippen LogP contribution < -0.4 is 10.2 Å². The molecule has 0 saturated heterocycles. The van der Waals surface area contributed by atoms with Crippen LogP contribution >= 0.6 is 0 Å². The number of nitrogens with one attached hydrogen (secondary N) is 1. The van der Waals surface area contributed by atoms with Crippen LogP contribution in [0.15, 0.2) is 23.3 Å². The van der Waals surface area contributed by atoms with E-state index in [1.165, 1.54) is 32.1 Å². The van der Waals surface area contributed by atoms with Gasteiger partial charge in [-0.3, -0.25) is 4.79 Å². The average molecular weight is 316 g/mol. The zero-order valence-corrected chi connectivity index (χ0v) is 14.5. The molecule has 1 aromatic rings. The van der Waals surface area contributed by atoms with Crippen molar-refractivity contribution in [3.05, 3.63) is 29.3 Å². The van der Waals surface area contributed by atoms with E-state index in [1.54, 1.807) is 0 Å². The molecule has 0 atom stereocenters. The Bertz CT molecular complexity index is 546. The number of nitrogens with zero attached hydrogens (tertiary/aromatic N) is 1. The summed E-state index contributed by atoms with van der Waals surface area (Å²) in [4.78, 5) is 11.9. The van der Waals surface area contributed by atoms with Crippen molar-refractivity contribution in [2.75, 3.05) is 6.61 Å². The fourth-order valence-electron chi connectivity index (χ4n) is 2.92. The minimum atomic E-state index is -0.215. The number of carbonyl (C=O) groups excluding carboxylic acids is 1. The maximum absolute atomic E-state index is 11.9. The lowest BCUT2D eigenvalue weighted by molar-refractivity contribution is -0.123. The Hall–Kier alpha value is -1.84. The van der Waals surface area contributed by atoms with E-state index in [2.05, 4.69) is 36.5 Å². The van der Waals surface area contributed by atoms with Crippen molar-refractivity contribution >= 4 is 12.1 Å². The SMILES string of the molecule is Cc1ccc(C(C)C)c(OCC(=O)N/N=C\C2CCCCC2)c1. The zero-order valence-electron chi connectivity index (χ0n) is 14.5. The second-order valence-corrected chi connectivity index (χ2v) is 6.70. The maximum atomic E-state index is 11.9. The van der Waals surface area contributed by atoms with Gasteiger partial charge in [0.2, 0.25) is 0 Å². The van der Waals surface area contributed by atoms with Crippen molar-refractivity contribution in [2.45, 2.75) is 58.8 Å². The van der Waals surface area contributed by atoms with Crippen LogP contribution in [0, 0.1) is 12.8 Å². The fourth-order valence-corrected chi connectivity index (χ4v) is 2.92. The van der Waals surface area contributed by atoms with Crippen LogP contribution in [0.3, 0.4) is 0 Å². The van der Waals surface area contributed by atoms with Crippen molar-refractivity contribution in [1.82, 2.24) is 5.43 Å². The second-order valence-electron chi connectivity index (χ2n) is 6.70. The third-order valence-corrected chi connectivity index (χ3v) is 4.27. The molecule has 4 heteroatoms. The van der Waals surface area contributed by atoms with E-state index in [4.69, 9.17) is 4.74 Å². The molecule has 0 spiro atoms. The molecular formula is C19H28N2O2. The largest absolute Gasteiger partial charge is 0.483 e. The summed E-state index contributed by atoms with van der Waals surface area (Å²) in [5, 5.41) is 4.08. The number of aryl methyl sites for hydroxylation is 1. The number of ether oxygens (including phenoxy) is 1. The van der Waals surface area contributed by atoms with E-state index in [9.17, 15) is 4.79 Å². The number of hydrazone groups is 1. The molecule has 0 heterocycles. The Kier molecular flexibility index (Phi) is 6.63. The van der Waals surface area contributed by atoms with Gasteiger partial charge < -0.3 is 4.74 Å². The predicted molar refractivity (Wildman–Crippen MR) is 94.0 cm³/mol. The van der Waals surface area contributed by atoms with Crippen LogP contribution in [0.4, 0.5) is 0 Å². The van der Waals surface area contributed by atoms with Crippen LogP contribution in [0.5, 0.6) is 5.75 Å². The van der Waals surface area contributed by atoms with Crippen LogP contribution in [-0.2, 0) is 4.79 Å². The molecule has 1 saturated carbocycles. The van der Waals surface area contributed by atoms with Crippen molar-refractivity contribution in [3.63, 3.8) is 0 Å². The zero-order chi connectivity index (χ0) is 16.7. The van der Waals surface area contributed by atoms with Crippen LogP contribution in [0.1, 0.15) is 63.0 Å². The summed E-state index contributed by atoms with van der Waals surface area (Å²) < 4.78 is 5.70. The molecule has 2 rings (SSSR count). The predicted octanol–water partition coefficient (Wildman–Crippen LogP) is 4.18. The van der Waals surface area contributed by atoms with Crippen molar-refractivity contribution < 1.29 is 9.53 Å². The molecule has 4 nitrogen and oxygen atoms in total. The number of amides is 1. The van der Waals surface area contributed by atoms with Gasteiger partial charge in [0.25, 0.3) is 5.91 Å². The van der Waals surface area contributed by atoms with Crippen molar-refractivity contribution in [1.29, 1.82) is 0 Å². The van der Waals surface area contributed by atoms with Gasteiger partial charge in [0, 0.05) is 6.21 Å². The third kappa shape index (κ3) is 5.70. The summed E-state index contributed by atoms with van der Waals surface area (Å²) in [6.07, 6.45) is 8.08. The van der Waals surface area contributed by atoms with Gasteiger partial charge in [0.15, 0.2) is 6.61 Å². The molecule has 1 aliphatic rings. The monoisotopic (exact) mass is 316 g/mol. The molecular weight excluding hydrogens is 288 g/mol. The molecule has 1 amide bonds. The van der Waals surface area contributed by atoms with E-state index in [-0.39, 0.29) is 12.5 Å². The van der Waals surface area contributed by atoms with Crippen LogP contribution in [0.2, 0.25) is 0 Å². The normalized spacial score (nSPS) is 16.0. The smallest absolute Gasteiger partial charge is 0.277 e. The Morgan fingerprint density at radius 2 is 2.09 bits per heavy atom. The minimum Gasteiger partial charge on any atom is -0.483 e. The standard InChI is InChI=1S/C19H28N2O2/c1-14(2)17-10-9-15(3)11-18(17)23-13-19(22)21-20-12-16-7-5-4-6-8-16/h9-12,14,16H,4-8,13H2,1-3H3,(H,21,22)/b20-12-. The lowest BCUT2D eigenvalue weighted by atomic mass is 9.90. The Morgan fingerprint density at radius 3 is 2.78 bits per heavy atom. The highest BCUT2D eigenvalue weighted by molar-refractivity contribution is 5.78. The Labute approximate surface area is 139 Å². The molecule has 0 radical (unpaired) electrons. The summed E-state index contributed by atoms with van der Waals surface area (Å²) in [6.45, 7) is 6.24. The summed E-state index contributed by atoms with van der Waals surface area (Å²) in [6, 6.07) is 6.11. The highest BCUT2D eigenvalue weighted by atomic mass is 16.5. The summed E-state index contributed by atoms with van der Waals surface area (Å²) in [5.74, 6) is 1.44. The van der Waals surface area contributed by atoms with Gasteiger partial charge in [-0.1, -0.05) is 45.2 Å². The molecule has 1 N–H and O–H groups in total. The average Bonchev–Trinajstić information content (AvgIpc) is 2.53. The van der Waals surface area contributed by atoms with E-state index < -0.39 is 0 Å². The molecule has 23 heavy (non-hydrogen) atoms. The molecule has 0 unspecified atom stereocenters. The molecule has 126 valence electrons. The number of carbonyl (C=O) groups is 1. The lowest BCUT2D eigenvalue weighted by Crippen LogP contribution is -2.25.